The summed E-state index contributed by atoms with van der Waals surface area (Å²) in [7, 11) is 0. The fourth-order valence-electron chi connectivity index (χ4n) is 2.13. The number of hydrogen-bond donors (Lipinski definition) is 1. The van der Waals surface area contributed by atoms with E-state index >= 15 is 0 Å². The van der Waals surface area contributed by atoms with Gasteiger partial charge in [0.15, 0.2) is 0 Å². The van der Waals surface area contributed by atoms with E-state index < -0.39 is 5.97 Å². The Morgan fingerprint density at radius 2 is 2.06 bits per heavy atom. The van der Waals surface area contributed by atoms with E-state index in [1.807, 2.05) is 0 Å². The molecule has 0 aliphatic carbocycles. The van der Waals surface area contributed by atoms with E-state index in [1.165, 1.54) is 18.9 Å². The lowest BCUT2D eigenvalue weighted by molar-refractivity contribution is 0.0698. The molecule has 5 nitrogen and oxygen atoms in total. The van der Waals surface area contributed by atoms with Crippen LogP contribution in [0.25, 0.3) is 0 Å². The van der Waals surface area contributed by atoms with Crippen LogP contribution in [0.2, 0.25) is 0 Å². The summed E-state index contributed by atoms with van der Waals surface area (Å²) in [5.74, 6) is -1.12. The maximum atomic E-state index is 10.8. The zero-order valence-corrected chi connectivity index (χ0v) is 9.43. The summed E-state index contributed by atoms with van der Waals surface area (Å²) in [6, 6.07) is 4.76. The standard InChI is InChI=1S/C12H14N2O3/c15-12(16)10-4-3-9(7-11(10)13-17)8-14-5-1-2-6-14/h3-4,7H,1-2,5-6,8H2,(H,15,16). The lowest BCUT2D eigenvalue weighted by Crippen LogP contribution is -2.18. The van der Waals surface area contributed by atoms with Crippen LogP contribution in [-0.4, -0.2) is 29.1 Å². The number of carboxylic acids is 1. The molecule has 0 aromatic heterocycles. The van der Waals surface area contributed by atoms with Crippen molar-refractivity contribution in [3.8, 4) is 0 Å². The van der Waals surface area contributed by atoms with Crippen LogP contribution in [0, 0.1) is 4.91 Å². The zero-order chi connectivity index (χ0) is 12.3. The molecule has 0 radical (unpaired) electrons. The Morgan fingerprint density at radius 1 is 1.35 bits per heavy atom. The fraction of sp³-hybridized carbons (Fsp3) is 0.417. The highest BCUT2D eigenvalue weighted by Crippen LogP contribution is 2.22. The molecule has 0 saturated carbocycles. The van der Waals surface area contributed by atoms with Crippen LogP contribution in [0.1, 0.15) is 28.8 Å². The predicted octanol–water partition coefficient (Wildman–Crippen LogP) is 2.38. The van der Waals surface area contributed by atoms with Crippen LogP contribution in [0.15, 0.2) is 23.4 Å². The second-order valence-corrected chi connectivity index (χ2v) is 4.23. The lowest BCUT2D eigenvalue weighted by atomic mass is 10.1. The first-order valence-corrected chi connectivity index (χ1v) is 5.62. The molecule has 1 aromatic carbocycles. The first-order valence-electron chi connectivity index (χ1n) is 5.62. The number of carbonyl (C=O) groups is 1. The quantitative estimate of drug-likeness (QED) is 0.812. The van der Waals surface area contributed by atoms with Crippen LogP contribution >= 0.6 is 0 Å². The maximum Gasteiger partial charge on any atom is 0.338 e. The highest BCUT2D eigenvalue weighted by Gasteiger charge is 2.15. The Hall–Kier alpha value is -1.75. The maximum absolute atomic E-state index is 10.8. The van der Waals surface area contributed by atoms with Crippen molar-refractivity contribution in [3.63, 3.8) is 0 Å². The van der Waals surface area contributed by atoms with E-state index in [0.29, 0.717) is 0 Å². The molecule has 0 atom stereocenters. The molecule has 0 unspecified atom stereocenters. The average Bonchev–Trinajstić information content (AvgIpc) is 2.81. The van der Waals surface area contributed by atoms with Crippen molar-refractivity contribution in [2.24, 2.45) is 5.18 Å². The first kappa shape index (κ1) is 11.7. The summed E-state index contributed by atoms with van der Waals surface area (Å²) in [5.41, 5.74) is 0.908. The van der Waals surface area contributed by atoms with E-state index in [9.17, 15) is 9.70 Å². The summed E-state index contributed by atoms with van der Waals surface area (Å²) >= 11 is 0. The van der Waals surface area contributed by atoms with Gasteiger partial charge >= 0.3 is 5.97 Å². The summed E-state index contributed by atoms with van der Waals surface area (Å²) in [4.78, 5) is 23.7. The highest BCUT2D eigenvalue weighted by molar-refractivity contribution is 5.93. The SMILES string of the molecule is O=Nc1cc(CN2CCCC2)ccc1C(=O)O. The molecule has 1 fully saturated rings. The molecule has 0 bridgehead atoms. The van der Waals surface area contributed by atoms with Gasteiger partial charge < -0.3 is 5.11 Å². The van der Waals surface area contributed by atoms with Crippen molar-refractivity contribution in [2.45, 2.75) is 19.4 Å². The molecule has 17 heavy (non-hydrogen) atoms. The number of nitrogens with zero attached hydrogens (tertiary/aromatic N) is 2. The molecule has 2 rings (SSSR count). The number of aromatic carboxylic acids is 1. The van der Waals surface area contributed by atoms with Crippen molar-refractivity contribution in [3.05, 3.63) is 34.2 Å². The Morgan fingerprint density at radius 3 is 2.65 bits per heavy atom. The van der Waals surface area contributed by atoms with Gasteiger partial charge in [-0.1, -0.05) is 6.07 Å². The van der Waals surface area contributed by atoms with Gasteiger partial charge in [0.2, 0.25) is 0 Å². The minimum atomic E-state index is -1.12. The second kappa shape index (κ2) is 5.05. The van der Waals surface area contributed by atoms with Gasteiger partial charge in [-0.15, -0.1) is 4.91 Å². The summed E-state index contributed by atoms with van der Waals surface area (Å²) in [6.07, 6.45) is 2.40. The summed E-state index contributed by atoms with van der Waals surface area (Å²) < 4.78 is 0. The van der Waals surface area contributed by atoms with Crippen molar-refractivity contribution in [1.82, 2.24) is 4.90 Å². The van der Waals surface area contributed by atoms with Gasteiger partial charge in [0.1, 0.15) is 5.69 Å². The third kappa shape index (κ3) is 2.68. The van der Waals surface area contributed by atoms with Gasteiger partial charge in [0.05, 0.1) is 5.56 Å². The monoisotopic (exact) mass is 234 g/mol. The van der Waals surface area contributed by atoms with E-state index in [0.717, 1.165) is 25.2 Å². The van der Waals surface area contributed by atoms with Gasteiger partial charge in [0.25, 0.3) is 0 Å². The number of nitroso groups, excluding NO2 is 1. The number of carboxylic acid groups (broad SMARTS) is 1. The fourth-order valence-corrected chi connectivity index (χ4v) is 2.13. The van der Waals surface area contributed by atoms with Crippen LogP contribution in [0.5, 0.6) is 0 Å². The molecule has 0 amide bonds. The largest absolute Gasteiger partial charge is 0.478 e. The molecule has 1 aromatic rings. The molecule has 0 spiro atoms. The second-order valence-electron chi connectivity index (χ2n) is 4.23. The molecule has 1 aliphatic heterocycles. The molecule has 5 heteroatoms. The molecule has 1 heterocycles. The lowest BCUT2D eigenvalue weighted by Gasteiger charge is -2.14. The number of likely N-dealkylation sites (tertiary alicyclic amines) is 1. The molecule has 1 N–H and O–H groups in total. The highest BCUT2D eigenvalue weighted by atomic mass is 16.4. The van der Waals surface area contributed by atoms with Crippen molar-refractivity contribution >= 4 is 11.7 Å². The summed E-state index contributed by atoms with van der Waals surface area (Å²) in [6.45, 7) is 2.87. The van der Waals surface area contributed by atoms with Crippen LogP contribution in [0.3, 0.4) is 0 Å². The number of hydrogen-bond acceptors (Lipinski definition) is 4. The Balaban J connectivity index is 2.18. The van der Waals surface area contributed by atoms with Crippen LogP contribution in [0.4, 0.5) is 5.69 Å². The van der Waals surface area contributed by atoms with Gasteiger partial charge in [-0.3, -0.25) is 4.90 Å². The Bertz CT molecular complexity index is 439. The summed E-state index contributed by atoms with van der Waals surface area (Å²) in [5, 5.41) is 11.6. The van der Waals surface area contributed by atoms with Gasteiger partial charge in [-0.25, -0.2) is 4.79 Å². The molecular weight excluding hydrogens is 220 g/mol. The topological polar surface area (TPSA) is 70.0 Å². The molecule has 90 valence electrons. The van der Waals surface area contributed by atoms with Gasteiger partial charge in [-0.2, -0.15) is 0 Å². The van der Waals surface area contributed by atoms with Gasteiger partial charge in [0, 0.05) is 6.54 Å². The van der Waals surface area contributed by atoms with E-state index in [1.54, 1.807) is 12.1 Å². The predicted molar refractivity (Wildman–Crippen MR) is 63.4 cm³/mol. The molecule has 1 saturated heterocycles. The number of benzene rings is 1. The zero-order valence-electron chi connectivity index (χ0n) is 9.43. The van der Waals surface area contributed by atoms with Crippen LogP contribution < -0.4 is 0 Å². The van der Waals surface area contributed by atoms with Crippen molar-refractivity contribution < 1.29 is 9.90 Å². The minimum absolute atomic E-state index is 0.00852. The third-order valence-corrected chi connectivity index (χ3v) is 3.00. The smallest absolute Gasteiger partial charge is 0.338 e. The van der Waals surface area contributed by atoms with Crippen molar-refractivity contribution in [2.75, 3.05) is 13.1 Å². The van der Waals surface area contributed by atoms with E-state index in [2.05, 4.69) is 10.1 Å². The molecular formula is C12H14N2O3. The van der Waals surface area contributed by atoms with Gasteiger partial charge in [-0.05, 0) is 48.8 Å². The van der Waals surface area contributed by atoms with E-state index in [-0.39, 0.29) is 11.3 Å². The molecule has 1 aliphatic rings. The third-order valence-electron chi connectivity index (χ3n) is 3.00. The normalized spacial score (nSPS) is 16.0. The minimum Gasteiger partial charge on any atom is -0.478 e. The Kier molecular flexibility index (Phi) is 3.49. The first-order chi connectivity index (χ1) is 8.20. The van der Waals surface area contributed by atoms with Crippen LogP contribution in [-0.2, 0) is 6.54 Å². The Labute approximate surface area is 99.0 Å². The van der Waals surface area contributed by atoms with E-state index in [4.69, 9.17) is 5.11 Å². The number of rotatable bonds is 4. The average molecular weight is 234 g/mol. The van der Waals surface area contributed by atoms with Crippen molar-refractivity contribution in [1.29, 1.82) is 0 Å².